The summed E-state index contributed by atoms with van der Waals surface area (Å²) in [5.41, 5.74) is 4.12. The van der Waals surface area contributed by atoms with E-state index < -0.39 is 0 Å². The van der Waals surface area contributed by atoms with Crippen LogP contribution in [0.4, 0.5) is 0 Å². The molecule has 5 rings (SSSR count). The van der Waals surface area contributed by atoms with Gasteiger partial charge in [-0.25, -0.2) is 0 Å². The Kier molecular flexibility index (Phi) is 4.62. The predicted octanol–water partition coefficient (Wildman–Crippen LogP) is 4.57. The number of hydrogen-bond acceptors (Lipinski definition) is 2. The van der Waals surface area contributed by atoms with Gasteiger partial charge in [0, 0.05) is 17.6 Å². The van der Waals surface area contributed by atoms with Gasteiger partial charge in [-0.2, -0.15) is 0 Å². The molecule has 0 radical (unpaired) electrons. The minimum Gasteiger partial charge on any atom is -0.308 e. The molecule has 126 valence electrons. The predicted molar refractivity (Wildman–Crippen MR) is 100 cm³/mol. The van der Waals surface area contributed by atoms with E-state index in [1.54, 1.807) is 0 Å². The van der Waals surface area contributed by atoms with Crippen molar-refractivity contribution in [2.75, 3.05) is 13.1 Å². The molecule has 2 bridgehead atoms. The van der Waals surface area contributed by atoms with Gasteiger partial charge in [0.25, 0.3) is 0 Å². The maximum absolute atomic E-state index is 6.27. The number of benzene rings is 2. The van der Waals surface area contributed by atoms with E-state index in [0.29, 0.717) is 12.1 Å². The third-order valence-electron chi connectivity index (χ3n) is 5.80. The first-order valence-corrected chi connectivity index (χ1v) is 9.37. The number of rotatable bonds is 4. The molecule has 3 heteroatoms. The van der Waals surface area contributed by atoms with Crippen LogP contribution in [0.3, 0.4) is 0 Å². The zero-order valence-corrected chi connectivity index (χ0v) is 15.0. The van der Waals surface area contributed by atoms with Crippen molar-refractivity contribution in [3.8, 4) is 0 Å². The van der Waals surface area contributed by atoms with Crippen LogP contribution in [0, 0.1) is 12.8 Å². The fourth-order valence-corrected chi connectivity index (χ4v) is 4.66. The Hall–Kier alpha value is -1.35. The van der Waals surface area contributed by atoms with Crippen LogP contribution in [-0.4, -0.2) is 24.0 Å². The highest BCUT2D eigenvalue weighted by Gasteiger charge is 2.42. The molecule has 2 atom stereocenters. The van der Waals surface area contributed by atoms with Crippen LogP contribution in [-0.2, 0) is 6.54 Å². The van der Waals surface area contributed by atoms with E-state index in [4.69, 9.17) is 11.6 Å². The molecular formula is C21H25ClN2. The van der Waals surface area contributed by atoms with Gasteiger partial charge in [-0.05, 0) is 67.6 Å². The van der Waals surface area contributed by atoms with Gasteiger partial charge in [0.15, 0.2) is 0 Å². The number of piperidine rings is 3. The first-order valence-electron chi connectivity index (χ1n) is 9.00. The van der Waals surface area contributed by atoms with Gasteiger partial charge in [0.2, 0.25) is 0 Å². The number of halogens is 1. The molecule has 24 heavy (non-hydrogen) atoms. The zero-order chi connectivity index (χ0) is 16.5. The standard InChI is InChI=1S/C21H25ClN2/c1-15-5-2-3-6-18(15)14-23-20-16-9-11-24(12-10-16)21(20)17-7-4-8-19(22)13-17/h2-8,13,16,20-21,23H,9-12,14H2,1H3. The molecule has 0 aromatic heterocycles. The summed E-state index contributed by atoms with van der Waals surface area (Å²) < 4.78 is 0. The van der Waals surface area contributed by atoms with Crippen LogP contribution in [0.15, 0.2) is 48.5 Å². The lowest BCUT2D eigenvalue weighted by atomic mass is 9.76. The van der Waals surface area contributed by atoms with Crippen LogP contribution < -0.4 is 5.32 Å². The van der Waals surface area contributed by atoms with Crippen molar-refractivity contribution in [1.29, 1.82) is 0 Å². The summed E-state index contributed by atoms with van der Waals surface area (Å²) in [6, 6.07) is 18.1. The molecule has 3 saturated heterocycles. The number of hydrogen-bond donors (Lipinski definition) is 1. The Morgan fingerprint density at radius 3 is 2.62 bits per heavy atom. The highest BCUT2D eigenvalue weighted by Crippen LogP contribution is 2.41. The second-order valence-electron chi connectivity index (χ2n) is 7.21. The van der Waals surface area contributed by atoms with Gasteiger partial charge in [-0.15, -0.1) is 0 Å². The third kappa shape index (κ3) is 3.11. The van der Waals surface area contributed by atoms with Gasteiger partial charge in [0.1, 0.15) is 0 Å². The summed E-state index contributed by atoms with van der Waals surface area (Å²) in [5.74, 6) is 0.767. The maximum atomic E-state index is 6.27. The average molecular weight is 341 g/mol. The quantitative estimate of drug-likeness (QED) is 0.876. The lowest BCUT2D eigenvalue weighted by Crippen LogP contribution is -2.57. The number of aryl methyl sites for hydroxylation is 1. The number of nitrogens with one attached hydrogen (secondary N) is 1. The Balaban J connectivity index is 1.58. The molecule has 3 aliphatic rings. The molecule has 2 unspecified atom stereocenters. The van der Waals surface area contributed by atoms with E-state index in [-0.39, 0.29) is 0 Å². The van der Waals surface area contributed by atoms with Crippen molar-refractivity contribution < 1.29 is 0 Å². The molecule has 3 fully saturated rings. The van der Waals surface area contributed by atoms with E-state index in [9.17, 15) is 0 Å². The second kappa shape index (κ2) is 6.87. The van der Waals surface area contributed by atoms with Crippen molar-refractivity contribution in [3.63, 3.8) is 0 Å². The molecule has 0 aliphatic carbocycles. The van der Waals surface area contributed by atoms with Crippen LogP contribution in [0.5, 0.6) is 0 Å². The third-order valence-corrected chi connectivity index (χ3v) is 6.03. The van der Waals surface area contributed by atoms with E-state index in [0.717, 1.165) is 17.5 Å². The largest absolute Gasteiger partial charge is 0.308 e. The molecule has 3 aliphatic heterocycles. The number of fused-ring (bicyclic) bond motifs is 3. The summed E-state index contributed by atoms with van der Waals surface area (Å²) in [6.45, 7) is 5.56. The Labute approximate surface area is 149 Å². The summed E-state index contributed by atoms with van der Waals surface area (Å²) in [6.07, 6.45) is 2.62. The first-order chi connectivity index (χ1) is 11.7. The van der Waals surface area contributed by atoms with Gasteiger partial charge in [0.05, 0.1) is 6.04 Å². The molecule has 2 nitrogen and oxygen atoms in total. The van der Waals surface area contributed by atoms with Crippen LogP contribution >= 0.6 is 11.6 Å². The summed E-state index contributed by atoms with van der Waals surface area (Å²) in [7, 11) is 0. The molecule has 0 spiro atoms. The topological polar surface area (TPSA) is 15.3 Å². The van der Waals surface area contributed by atoms with Crippen LogP contribution in [0.2, 0.25) is 5.02 Å². The summed E-state index contributed by atoms with van der Waals surface area (Å²) in [4.78, 5) is 2.64. The number of nitrogens with zero attached hydrogens (tertiary/aromatic N) is 1. The van der Waals surface area contributed by atoms with E-state index in [2.05, 4.69) is 59.6 Å². The van der Waals surface area contributed by atoms with Crippen LogP contribution in [0.1, 0.15) is 35.6 Å². The van der Waals surface area contributed by atoms with Gasteiger partial charge >= 0.3 is 0 Å². The van der Waals surface area contributed by atoms with Crippen molar-refractivity contribution in [3.05, 3.63) is 70.2 Å². The first kappa shape index (κ1) is 16.1. The SMILES string of the molecule is Cc1ccccc1CNC1C2CCN(CC2)C1c1cccc(Cl)c1. The summed E-state index contributed by atoms with van der Waals surface area (Å²) in [5, 5.41) is 4.73. The lowest BCUT2D eigenvalue weighted by Gasteiger charge is -2.51. The lowest BCUT2D eigenvalue weighted by molar-refractivity contribution is 0.0112. The van der Waals surface area contributed by atoms with Crippen molar-refractivity contribution in [1.82, 2.24) is 10.2 Å². The highest BCUT2D eigenvalue weighted by molar-refractivity contribution is 6.30. The fraction of sp³-hybridized carbons (Fsp3) is 0.429. The van der Waals surface area contributed by atoms with Gasteiger partial charge < -0.3 is 5.32 Å². The van der Waals surface area contributed by atoms with E-state index >= 15 is 0 Å². The zero-order valence-electron chi connectivity index (χ0n) is 14.2. The molecule has 0 saturated carbocycles. The van der Waals surface area contributed by atoms with Crippen molar-refractivity contribution >= 4 is 11.6 Å². The van der Waals surface area contributed by atoms with Crippen LogP contribution in [0.25, 0.3) is 0 Å². The smallest absolute Gasteiger partial charge is 0.0504 e. The molecule has 1 N–H and O–H groups in total. The van der Waals surface area contributed by atoms with E-state index in [1.807, 2.05) is 6.07 Å². The monoisotopic (exact) mass is 340 g/mol. The fourth-order valence-electron chi connectivity index (χ4n) is 4.46. The molecule has 0 amide bonds. The van der Waals surface area contributed by atoms with Gasteiger partial charge in [-0.3, -0.25) is 4.90 Å². The Morgan fingerprint density at radius 2 is 1.88 bits per heavy atom. The normalized spacial score (nSPS) is 28.9. The van der Waals surface area contributed by atoms with Crippen molar-refractivity contribution in [2.24, 2.45) is 5.92 Å². The van der Waals surface area contributed by atoms with Crippen molar-refractivity contribution in [2.45, 2.75) is 38.4 Å². The molecule has 3 heterocycles. The second-order valence-corrected chi connectivity index (χ2v) is 7.64. The minimum atomic E-state index is 0.445. The van der Waals surface area contributed by atoms with Gasteiger partial charge in [-0.1, -0.05) is 48.0 Å². The van der Waals surface area contributed by atoms with E-state index in [1.165, 1.54) is 42.6 Å². The summed E-state index contributed by atoms with van der Waals surface area (Å²) >= 11 is 6.27. The average Bonchev–Trinajstić information content (AvgIpc) is 2.61. The maximum Gasteiger partial charge on any atom is 0.0504 e. The Morgan fingerprint density at radius 1 is 1.08 bits per heavy atom. The minimum absolute atomic E-state index is 0.445. The highest BCUT2D eigenvalue weighted by atomic mass is 35.5. The molecule has 2 aromatic rings. The molecular weight excluding hydrogens is 316 g/mol. The molecule has 2 aromatic carbocycles. The Bertz CT molecular complexity index is 706.